The number of imide groups is 1. The highest BCUT2D eigenvalue weighted by Gasteiger charge is 2.24. The van der Waals surface area contributed by atoms with Crippen molar-refractivity contribution in [3.8, 4) is 11.4 Å². The molecule has 146 valence electrons. The second-order valence-corrected chi connectivity index (χ2v) is 8.36. The predicted octanol–water partition coefficient (Wildman–Crippen LogP) is 3.14. The van der Waals surface area contributed by atoms with Gasteiger partial charge in [0.2, 0.25) is 5.91 Å². The van der Waals surface area contributed by atoms with Crippen molar-refractivity contribution in [2.75, 3.05) is 0 Å². The second-order valence-electron chi connectivity index (χ2n) is 7.05. The average molecular weight is 391 g/mol. The lowest BCUT2D eigenvalue weighted by Crippen LogP contribution is -2.49. The number of rotatable bonds is 6. The molecule has 8 nitrogen and oxygen atoms in total. The Morgan fingerprint density at radius 1 is 1.41 bits per heavy atom. The van der Waals surface area contributed by atoms with Crippen LogP contribution in [0, 0.1) is 6.92 Å². The van der Waals surface area contributed by atoms with Crippen LogP contribution in [0.1, 0.15) is 33.5 Å². The second kappa shape index (κ2) is 8.43. The number of furan rings is 1. The number of carbonyl (C=O) groups is 2. The number of amides is 3. The summed E-state index contributed by atoms with van der Waals surface area (Å²) in [4.78, 5) is 24.2. The molecule has 27 heavy (non-hydrogen) atoms. The van der Waals surface area contributed by atoms with Crippen molar-refractivity contribution in [2.24, 2.45) is 0 Å². The minimum Gasteiger partial charge on any atom is -0.469 e. The highest BCUT2D eigenvalue weighted by molar-refractivity contribution is 8.00. The molecular weight excluding hydrogens is 366 g/mol. The van der Waals surface area contributed by atoms with Gasteiger partial charge in [-0.2, -0.15) is 0 Å². The lowest BCUT2D eigenvalue weighted by Gasteiger charge is -2.21. The summed E-state index contributed by atoms with van der Waals surface area (Å²) < 4.78 is 7.20. The van der Waals surface area contributed by atoms with Crippen LogP contribution in [-0.2, 0) is 11.3 Å². The van der Waals surface area contributed by atoms with Crippen LogP contribution in [0.4, 0.5) is 4.79 Å². The predicted molar refractivity (Wildman–Crippen MR) is 104 cm³/mol. The molecule has 0 aromatic carbocycles. The monoisotopic (exact) mass is 391 g/mol. The number of aromatic nitrogens is 3. The van der Waals surface area contributed by atoms with Crippen molar-refractivity contribution in [2.45, 2.75) is 57.1 Å². The molecule has 2 heterocycles. The van der Waals surface area contributed by atoms with Gasteiger partial charge in [-0.15, -0.1) is 16.8 Å². The number of hydrogen-bond acceptors (Lipinski definition) is 6. The van der Waals surface area contributed by atoms with Crippen LogP contribution in [0.3, 0.4) is 0 Å². The maximum atomic E-state index is 12.3. The Hall–Kier alpha value is -2.55. The summed E-state index contributed by atoms with van der Waals surface area (Å²) in [6, 6.07) is 1.29. The summed E-state index contributed by atoms with van der Waals surface area (Å²) in [6.45, 7) is 13.3. The van der Waals surface area contributed by atoms with Crippen molar-refractivity contribution in [1.82, 2.24) is 25.4 Å². The molecule has 1 atom stereocenters. The Morgan fingerprint density at radius 3 is 2.67 bits per heavy atom. The number of hydrogen-bond donors (Lipinski definition) is 2. The molecular formula is C18H25N5O3S. The van der Waals surface area contributed by atoms with E-state index in [9.17, 15) is 9.59 Å². The molecule has 2 aromatic heterocycles. The molecule has 0 saturated carbocycles. The first kappa shape index (κ1) is 20.8. The number of nitrogens with zero attached hydrogens (tertiary/aromatic N) is 3. The van der Waals surface area contributed by atoms with Gasteiger partial charge in [0.05, 0.1) is 17.1 Å². The summed E-state index contributed by atoms with van der Waals surface area (Å²) in [5.41, 5.74) is 0.403. The number of nitrogens with one attached hydrogen (secondary N) is 2. The van der Waals surface area contributed by atoms with E-state index < -0.39 is 22.7 Å². The van der Waals surface area contributed by atoms with E-state index >= 15 is 0 Å². The van der Waals surface area contributed by atoms with E-state index in [1.165, 1.54) is 11.8 Å². The molecule has 0 fully saturated rings. The molecule has 0 aliphatic carbocycles. The summed E-state index contributed by atoms with van der Waals surface area (Å²) in [5, 5.41) is 13.5. The van der Waals surface area contributed by atoms with E-state index in [-0.39, 0.29) is 0 Å². The summed E-state index contributed by atoms with van der Waals surface area (Å²) >= 11 is 1.22. The third-order valence-electron chi connectivity index (χ3n) is 3.50. The minimum atomic E-state index is -0.540. The van der Waals surface area contributed by atoms with Gasteiger partial charge >= 0.3 is 6.03 Å². The number of urea groups is 1. The van der Waals surface area contributed by atoms with Crippen LogP contribution in [0.2, 0.25) is 0 Å². The average Bonchev–Trinajstić information content (AvgIpc) is 3.12. The zero-order valence-electron chi connectivity index (χ0n) is 16.2. The van der Waals surface area contributed by atoms with E-state index in [0.29, 0.717) is 17.5 Å². The van der Waals surface area contributed by atoms with Gasteiger partial charge < -0.3 is 9.73 Å². The van der Waals surface area contributed by atoms with Crippen LogP contribution in [0.5, 0.6) is 0 Å². The third kappa shape index (κ3) is 5.46. The molecule has 1 unspecified atom stereocenters. The minimum absolute atomic E-state index is 0.407. The molecule has 0 spiro atoms. The Labute approximate surface area is 162 Å². The summed E-state index contributed by atoms with van der Waals surface area (Å²) in [5.74, 6) is 0.964. The van der Waals surface area contributed by atoms with E-state index in [4.69, 9.17) is 4.42 Å². The van der Waals surface area contributed by atoms with Gasteiger partial charge in [-0.1, -0.05) is 17.8 Å². The lowest BCUT2D eigenvalue weighted by atomic mass is 10.1. The number of aryl methyl sites for hydroxylation is 1. The van der Waals surface area contributed by atoms with Crippen LogP contribution in [-0.4, -0.2) is 37.5 Å². The molecule has 0 radical (unpaired) electrons. The number of carbonyl (C=O) groups excluding carboxylic acids is 2. The van der Waals surface area contributed by atoms with Crippen molar-refractivity contribution >= 4 is 23.7 Å². The van der Waals surface area contributed by atoms with Crippen molar-refractivity contribution < 1.29 is 14.0 Å². The van der Waals surface area contributed by atoms with E-state index in [1.807, 2.05) is 38.3 Å². The standard InChI is InChI=1S/C18H25N5O3S/c1-7-9-23-14(13-8-10-26-11(13)2)21-22-17(23)27-12(3)15(24)19-16(25)20-18(4,5)6/h7-8,10,12H,1,9H2,2-6H3,(H2,19,20,24,25). The normalized spacial score (nSPS) is 12.5. The highest BCUT2D eigenvalue weighted by atomic mass is 32.2. The van der Waals surface area contributed by atoms with Gasteiger partial charge in [0.25, 0.3) is 0 Å². The first-order valence-corrected chi connectivity index (χ1v) is 9.38. The van der Waals surface area contributed by atoms with Gasteiger partial charge in [-0.25, -0.2) is 4.79 Å². The highest BCUT2D eigenvalue weighted by Crippen LogP contribution is 2.29. The smallest absolute Gasteiger partial charge is 0.321 e. The third-order valence-corrected chi connectivity index (χ3v) is 4.59. The van der Waals surface area contributed by atoms with E-state index in [1.54, 1.807) is 19.3 Å². The maximum absolute atomic E-state index is 12.3. The van der Waals surface area contributed by atoms with Crippen molar-refractivity contribution in [3.05, 3.63) is 30.7 Å². The van der Waals surface area contributed by atoms with Crippen molar-refractivity contribution in [1.29, 1.82) is 0 Å². The zero-order chi connectivity index (χ0) is 20.2. The fourth-order valence-corrected chi connectivity index (χ4v) is 3.14. The summed E-state index contributed by atoms with van der Waals surface area (Å²) in [6.07, 6.45) is 3.32. The Bertz CT molecular complexity index is 834. The Morgan fingerprint density at radius 2 is 2.11 bits per heavy atom. The van der Waals surface area contributed by atoms with Gasteiger partial charge in [-0.3, -0.25) is 14.7 Å². The number of allylic oxidation sites excluding steroid dienone is 1. The lowest BCUT2D eigenvalue weighted by molar-refractivity contribution is -0.119. The molecule has 9 heteroatoms. The largest absolute Gasteiger partial charge is 0.469 e. The fourth-order valence-electron chi connectivity index (χ4n) is 2.28. The quantitative estimate of drug-likeness (QED) is 0.579. The van der Waals surface area contributed by atoms with Crippen molar-refractivity contribution in [3.63, 3.8) is 0 Å². The maximum Gasteiger partial charge on any atom is 0.321 e. The molecule has 0 aliphatic heterocycles. The molecule has 3 amide bonds. The summed E-state index contributed by atoms with van der Waals surface area (Å²) in [7, 11) is 0. The van der Waals surface area contributed by atoms with E-state index in [0.717, 1.165) is 11.3 Å². The molecule has 0 saturated heterocycles. The van der Waals surface area contributed by atoms with Gasteiger partial charge in [0.1, 0.15) is 5.76 Å². The van der Waals surface area contributed by atoms with Gasteiger partial charge in [0.15, 0.2) is 11.0 Å². The molecule has 0 bridgehead atoms. The Balaban J connectivity index is 2.13. The number of thioether (sulfide) groups is 1. The molecule has 2 N–H and O–H groups in total. The first-order chi connectivity index (χ1) is 12.6. The SMILES string of the molecule is C=CCn1c(SC(C)C(=O)NC(=O)NC(C)(C)C)nnc1-c1ccoc1C. The van der Waals surface area contributed by atoms with Crippen LogP contribution < -0.4 is 10.6 Å². The Kier molecular flexibility index (Phi) is 6.48. The van der Waals surface area contributed by atoms with Gasteiger partial charge in [0, 0.05) is 12.1 Å². The zero-order valence-corrected chi connectivity index (χ0v) is 17.0. The van der Waals surface area contributed by atoms with E-state index in [2.05, 4.69) is 27.4 Å². The molecule has 2 rings (SSSR count). The fraction of sp³-hybridized carbons (Fsp3) is 0.444. The molecule has 0 aliphatic rings. The van der Waals surface area contributed by atoms with Crippen LogP contribution >= 0.6 is 11.8 Å². The molecule has 2 aromatic rings. The van der Waals surface area contributed by atoms with Crippen LogP contribution in [0.25, 0.3) is 11.4 Å². The van der Waals surface area contributed by atoms with Crippen LogP contribution in [0.15, 0.2) is 34.6 Å². The van der Waals surface area contributed by atoms with Gasteiger partial charge in [-0.05, 0) is 40.7 Å². The first-order valence-electron chi connectivity index (χ1n) is 8.50. The topological polar surface area (TPSA) is 102 Å².